The molecule has 0 aliphatic heterocycles. The van der Waals surface area contributed by atoms with Gasteiger partial charge in [0.15, 0.2) is 0 Å². The molecule has 1 atom stereocenters. The average Bonchev–Trinajstić information content (AvgIpc) is 2.64. The normalized spacial score (nSPS) is 12.7. The van der Waals surface area contributed by atoms with Gasteiger partial charge in [0.05, 0.1) is 12.8 Å². The number of rotatable bonds is 10. The van der Waals surface area contributed by atoms with E-state index in [-0.39, 0.29) is 25.0 Å². The van der Waals surface area contributed by atoms with Gasteiger partial charge in [-0.05, 0) is 37.3 Å². The highest BCUT2D eigenvalue weighted by atomic mass is 32.2. The maximum atomic E-state index is 12.3. The van der Waals surface area contributed by atoms with Gasteiger partial charge in [-0.25, -0.2) is 8.42 Å². The Hall–Kier alpha value is -2.18. The van der Waals surface area contributed by atoms with E-state index in [1.54, 1.807) is 0 Å². The van der Waals surface area contributed by atoms with Gasteiger partial charge >= 0.3 is 0 Å². The van der Waals surface area contributed by atoms with Crippen LogP contribution in [0.15, 0.2) is 60.7 Å². The number of nitrogens with zero attached hydrogens (tertiary/aromatic N) is 1. The van der Waals surface area contributed by atoms with E-state index in [2.05, 4.69) is 17.4 Å². The predicted octanol–water partition coefficient (Wildman–Crippen LogP) is 2.63. The maximum absolute atomic E-state index is 12.3. The topological polar surface area (TPSA) is 66.5 Å². The van der Waals surface area contributed by atoms with E-state index in [0.29, 0.717) is 6.42 Å². The first-order valence-electron chi connectivity index (χ1n) is 9.17. The number of benzene rings is 2. The van der Waals surface area contributed by atoms with Crippen LogP contribution in [-0.4, -0.2) is 44.0 Å². The van der Waals surface area contributed by atoms with Crippen LogP contribution < -0.4 is 5.32 Å². The van der Waals surface area contributed by atoms with Crippen molar-refractivity contribution in [3.05, 3.63) is 71.8 Å². The summed E-state index contributed by atoms with van der Waals surface area (Å²) < 4.78 is 25.3. The number of aryl methyl sites for hydroxylation is 1. The second-order valence-corrected chi connectivity index (χ2v) is 8.81. The molecule has 0 aromatic heterocycles. The van der Waals surface area contributed by atoms with E-state index in [1.807, 2.05) is 55.5 Å². The highest BCUT2D eigenvalue weighted by molar-refractivity contribution is 7.88. The minimum atomic E-state index is -3.45. The van der Waals surface area contributed by atoms with E-state index in [1.165, 1.54) is 9.87 Å². The first kappa shape index (κ1) is 21.1. The molecule has 0 unspecified atom stereocenters. The average molecular weight is 389 g/mol. The number of carbonyl (C=O) groups excluding carboxylic acids is 1. The Morgan fingerprint density at radius 3 is 2.00 bits per heavy atom. The summed E-state index contributed by atoms with van der Waals surface area (Å²) in [6.07, 6.45) is 3.39. The molecule has 0 heterocycles. The lowest BCUT2D eigenvalue weighted by atomic mass is 10.1. The van der Waals surface area contributed by atoms with Crippen molar-refractivity contribution in [3.63, 3.8) is 0 Å². The second-order valence-electron chi connectivity index (χ2n) is 6.82. The van der Waals surface area contributed by atoms with Gasteiger partial charge in [0.1, 0.15) is 0 Å². The summed E-state index contributed by atoms with van der Waals surface area (Å²) in [5.41, 5.74) is 2.27. The van der Waals surface area contributed by atoms with Gasteiger partial charge in [0, 0.05) is 12.6 Å². The molecule has 0 radical (unpaired) electrons. The molecule has 0 aliphatic rings. The summed E-state index contributed by atoms with van der Waals surface area (Å²) in [5.74, 6) is -0.269. The first-order valence-corrected chi connectivity index (χ1v) is 11.0. The molecule has 146 valence electrons. The fourth-order valence-electron chi connectivity index (χ4n) is 2.84. The standard InChI is InChI=1S/C21H28N2O3S/c1-18(13-14-19-9-5-3-6-10-19)22-21(24)17-23(27(2,25)26)16-15-20-11-7-4-8-12-20/h3-12,18H,13-17H2,1-2H3,(H,22,24)/t18-/m0/s1. The molecule has 0 fully saturated rings. The van der Waals surface area contributed by atoms with Crippen molar-refractivity contribution in [2.45, 2.75) is 32.2 Å². The lowest BCUT2D eigenvalue weighted by Gasteiger charge is -2.21. The Kier molecular flexibility index (Phi) is 8.00. The molecule has 2 aromatic rings. The lowest BCUT2D eigenvalue weighted by molar-refractivity contribution is -0.121. The Labute approximate surface area is 162 Å². The molecule has 5 nitrogen and oxygen atoms in total. The molecule has 2 rings (SSSR count). The molecule has 0 aliphatic carbocycles. The zero-order chi connectivity index (χ0) is 19.7. The van der Waals surface area contributed by atoms with E-state index < -0.39 is 10.0 Å². The third-order valence-corrected chi connectivity index (χ3v) is 5.65. The van der Waals surface area contributed by atoms with Crippen LogP contribution in [0.1, 0.15) is 24.5 Å². The van der Waals surface area contributed by atoms with Crippen molar-refractivity contribution in [2.75, 3.05) is 19.3 Å². The van der Waals surface area contributed by atoms with Crippen molar-refractivity contribution in [3.8, 4) is 0 Å². The van der Waals surface area contributed by atoms with Crippen LogP contribution in [0.3, 0.4) is 0 Å². The minimum absolute atomic E-state index is 0.0201. The molecule has 1 amide bonds. The number of hydrogen-bond acceptors (Lipinski definition) is 3. The number of nitrogens with one attached hydrogen (secondary N) is 1. The van der Waals surface area contributed by atoms with Crippen molar-refractivity contribution < 1.29 is 13.2 Å². The molecule has 0 saturated carbocycles. The molecule has 1 N–H and O–H groups in total. The predicted molar refractivity (Wildman–Crippen MR) is 109 cm³/mol. The van der Waals surface area contributed by atoms with Crippen LogP contribution in [0.25, 0.3) is 0 Å². The van der Waals surface area contributed by atoms with Gasteiger partial charge in [0.25, 0.3) is 0 Å². The number of sulfonamides is 1. The van der Waals surface area contributed by atoms with E-state index in [9.17, 15) is 13.2 Å². The van der Waals surface area contributed by atoms with Crippen LogP contribution >= 0.6 is 0 Å². The molecule has 27 heavy (non-hydrogen) atoms. The van der Waals surface area contributed by atoms with E-state index in [4.69, 9.17) is 0 Å². The summed E-state index contributed by atoms with van der Waals surface area (Å²) in [6, 6.07) is 19.7. The molecule has 2 aromatic carbocycles. The minimum Gasteiger partial charge on any atom is -0.352 e. The van der Waals surface area contributed by atoms with E-state index >= 15 is 0 Å². The van der Waals surface area contributed by atoms with Crippen molar-refractivity contribution in [2.24, 2.45) is 0 Å². The van der Waals surface area contributed by atoms with Crippen molar-refractivity contribution in [1.82, 2.24) is 9.62 Å². The van der Waals surface area contributed by atoms with Gasteiger partial charge in [-0.1, -0.05) is 60.7 Å². The summed E-state index contributed by atoms with van der Waals surface area (Å²) in [7, 11) is -3.45. The van der Waals surface area contributed by atoms with Crippen LogP contribution in [0.4, 0.5) is 0 Å². The Bertz CT molecular complexity index is 808. The van der Waals surface area contributed by atoms with Gasteiger partial charge in [0.2, 0.25) is 15.9 Å². The molecule has 0 bridgehead atoms. The Balaban J connectivity index is 1.83. The second kappa shape index (κ2) is 10.2. The largest absolute Gasteiger partial charge is 0.352 e. The fraction of sp³-hybridized carbons (Fsp3) is 0.381. The molecular formula is C21H28N2O3S. The van der Waals surface area contributed by atoms with Gasteiger partial charge in [-0.15, -0.1) is 0 Å². The zero-order valence-corrected chi connectivity index (χ0v) is 16.8. The molecule has 0 saturated heterocycles. The van der Waals surface area contributed by atoms with Crippen LogP contribution in [0, 0.1) is 0 Å². The van der Waals surface area contributed by atoms with Gasteiger partial charge in [-0.2, -0.15) is 4.31 Å². The summed E-state index contributed by atoms with van der Waals surface area (Å²) in [6.45, 7) is 2.08. The van der Waals surface area contributed by atoms with Gasteiger partial charge in [-0.3, -0.25) is 4.79 Å². The van der Waals surface area contributed by atoms with Crippen LogP contribution in [0.5, 0.6) is 0 Å². The third kappa shape index (κ3) is 7.93. The SMILES string of the molecule is C[C@@H](CCc1ccccc1)NC(=O)CN(CCc1ccccc1)S(C)(=O)=O. The molecule has 6 heteroatoms. The summed E-state index contributed by atoms with van der Waals surface area (Å²) in [5, 5.41) is 2.91. The maximum Gasteiger partial charge on any atom is 0.235 e. The summed E-state index contributed by atoms with van der Waals surface area (Å²) >= 11 is 0. The lowest BCUT2D eigenvalue weighted by Crippen LogP contribution is -2.43. The van der Waals surface area contributed by atoms with Crippen molar-refractivity contribution in [1.29, 1.82) is 0 Å². The third-order valence-electron chi connectivity index (χ3n) is 4.40. The van der Waals surface area contributed by atoms with E-state index in [0.717, 1.165) is 24.7 Å². The number of amides is 1. The molecule has 0 spiro atoms. The Morgan fingerprint density at radius 2 is 1.48 bits per heavy atom. The smallest absolute Gasteiger partial charge is 0.235 e. The monoisotopic (exact) mass is 388 g/mol. The van der Waals surface area contributed by atoms with Crippen LogP contribution in [-0.2, 0) is 27.7 Å². The zero-order valence-electron chi connectivity index (χ0n) is 16.0. The van der Waals surface area contributed by atoms with Crippen molar-refractivity contribution >= 4 is 15.9 Å². The summed E-state index contributed by atoms with van der Waals surface area (Å²) in [4.78, 5) is 12.3. The number of hydrogen-bond donors (Lipinski definition) is 1. The highest BCUT2D eigenvalue weighted by Gasteiger charge is 2.20. The van der Waals surface area contributed by atoms with Gasteiger partial charge < -0.3 is 5.32 Å². The quantitative estimate of drug-likeness (QED) is 0.680. The Morgan fingerprint density at radius 1 is 0.963 bits per heavy atom. The fourth-order valence-corrected chi connectivity index (χ4v) is 3.62. The highest BCUT2D eigenvalue weighted by Crippen LogP contribution is 2.07. The first-order chi connectivity index (χ1) is 12.8. The number of carbonyl (C=O) groups is 1. The molecular weight excluding hydrogens is 360 g/mol. The van der Waals surface area contributed by atoms with Crippen LogP contribution in [0.2, 0.25) is 0 Å².